The number of hydrogen-bond acceptors (Lipinski definition) is 2. The van der Waals surface area contributed by atoms with Crippen LogP contribution in [0, 0.1) is 11.6 Å². The van der Waals surface area contributed by atoms with Crippen LogP contribution in [0.4, 0.5) is 8.78 Å². The molecule has 0 amide bonds. The van der Waals surface area contributed by atoms with E-state index in [0.717, 1.165) is 29.7 Å². The smallest absolute Gasteiger partial charge is 0.190 e. The van der Waals surface area contributed by atoms with Crippen LogP contribution in [0.3, 0.4) is 0 Å². The second-order valence-electron chi connectivity index (χ2n) is 4.80. The summed E-state index contributed by atoms with van der Waals surface area (Å²) >= 11 is 0. The fourth-order valence-corrected chi connectivity index (χ4v) is 2.62. The van der Waals surface area contributed by atoms with Crippen molar-refractivity contribution in [3.05, 3.63) is 70.8 Å². The zero-order chi connectivity index (χ0) is 14.1. The van der Waals surface area contributed by atoms with Gasteiger partial charge in [-0.3, -0.25) is 4.79 Å². The van der Waals surface area contributed by atoms with Gasteiger partial charge in [0, 0.05) is 6.54 Å². The summed E-state index contributed by atoms with van der Waals surface area (Å²) < 4.78 is 27.5. The summed E-state index contributed by atoms with van der Waals surface area (Å²) in [6.07, 6.45) is 0.805. The Morgan fingerprint density at radius 2 is 1.75 bits per heavy atom. The van der Waals surface area contributed by atoms with Crippen molar-refractivity contribution < 1.29 is 13.6 Å². The highest BCUT2D eigenvalue weighted by Gasteiger charge is 2.30. The van der Waals surface area contributed by atoms with Gasteiger partial charge in [-0.25, -0.2) is 8.78 Å². The van der Waals surface area contributed by atoms with Crippen LogP contribution >= 0.6 is 0 Å². The number of carbonyl (C=O) groups excluding carboxylic acids is 1. The van der Waals surface area contributed by atoms with E-state index >= 15 is 0 Å². The molecule has 2 aromatic rings. The van der Waals surface area contributed by atoms with Gasteiger partial charge in [0.1, 0.15) is 11.6 Å². The van der Waals surface area contributed by atoms with E-state index in [1.165, 1.54) is 6.07 Å². The Hall–Kier alpha value is -2.07. The maximum Gasteiger partial charge on any atom is 0.190 e. The molecule has 0 aliphatic carbocycles. The van der Waals surface area contributed by atoms with Crippen molar-refractivity contribution in [3.8, 4) is 0 Å². The lowest BCUT2D eigenvalue weighted by Gasteiger charge is -2.26. The summed E-state index contributed by atoms with van der Waals surface area (Å²) in [7, 11) is 0. The fraction of sp³-hybridized carbons (Fsp3) is 0.188. The Bertz CT molecular complexity index is 649. The van der Waals surface area contributed by atoms with Gasteiger partial charge in [0.05, 0.1) is 11.6 Å². The van der Waals surface area contributed by atoms with Crippen molar-refractivity contribution in [1.29, 1.82) is 0 Å². The molecule has 1 aliphatic heterocycles. The maximum atomic E-state index is 13.7. The Labute approximate surface area is 115 Å². The molecule has 0 spiro atoms. The summed E-state index contributed by atoms with van der Waals surface area (Å²) in [5.74, 6) is -2.20. The molecule has 1 heterocycles. The first-order valence-electron chi connectivity index (χ1n) is 6.48. The van der Waals surface area contributed by atoms with E-state index in [1.807, 2.05) is 24.3 Å². The normalized spacial score (nSPS) is 17.6. The SMILES string of the molecule is O=C(c1c(F)cccc1F)C1NCCc2ccccc21. The van der Waals surface area contributed by atoms with Crippen LogP contribution in [-0.4, -0.2) is 12.3 Å². The molecule has 102 valence electrons. The third-order valence-corrected chi connectivity index (χ3v) is 3.58. The van der Waals surface area contributed by atoms with Crippen molar-refractivity contribution in [3.63, 3.8) is 0 Å². The number of hydrogen-bond donors (Lipinski definition) is 1. The van der Waals surface area contributed by atoms with Gasteiger partial charge in [-0.15, -0.1) is 0 Å². The van der Waals surface area contributed by atoms with Crippen molar-refractivity contribution in [1.82, 2.24) is 5.32 Å². The molecular weight excluding hydrogens is 260 g/mol. The Kier molecular flexibility index (Phi) is 3.32. The fourth-order valence-electron chi connectivity index (χ4n) is 2.62. The summed E-state index contributed by atoms with van der Waals surface area (Å²) in [6, 6.07) is 10.3. The van der Waals surface area contributed by atoms with E-state index in [4.69, 9.17) is 0 Å². The Morgan fingerprint density at radius 3 is 2.50 bits per heavy atom. The van der Waals surface area contributed by atoms with E-state index in [2.05, 4.69) is 5.32 Å². The van der Waals surface area contributed by atoms with Crippen LogP contribution < -0.4 is 5.32 Å². The van der Waals surface area contributed by atoms with Crippen molar-refractivity contribution in [2.75, 3.05) is 6.54 Å². The molecule has 2 nitrogen and oxygen atoms in total. The molecule has 1 unspecified atom stereocenters. The number of halogens is 2. The van der Waals surface area contributed by atoms with E-state index < -0.39 is 29.0 Å². The second kappa shape index (κ2) is 5.13. The van der Waals surface area contributed by atoms with Crippen LogP contribution in [0.1, 0.15) is 27.5 Å². The summed E-state index contributed by atoms with van der Waals surface area (Å²) in [5.41, 5.74) is 1.37. The Morgan fingerprint density at radius 1 is 1.05 bits per heavy atom. The standard InChI is InChI=1S/C16H13F2NO/c17-12-6-3-7-13(18)14(12)16(20)15-11-5-2-1-4-10(11)8-9-19-15/h1-7,15,19H,8-9H2. The molecule has 2 aromatic carbocycles. The molecule has 4 heteroatoms. The van der Waals surface area contributed by atoms with Crippen LogP contribution in [0.25, 0.3) is 0 Å². The first kappa shape index (κ1) is 12.9. The van der Waals surface area contributed by atoms with Crippen molar-refractivity contribution in [2.24, 2.45) is 0 Å². The minimum Gasteiger partial charge on any atom is -0.303 e. The van der Waals surface area contributed by atoms with Gasteiger partial charge in [0.25, 0.3) is 0 Å². The maximum absolute atomic E-state index is 13.7. The van der Waals surface area contributed by atoms with Crippen LogP contribution in [0.2, 0.25) is 0 Å². The van der Waals surface area contributed by atoms with Gasteiger partial charge in [-0.1, -0.05) is 30.3 Å². The number of rotatable bonds is 2. The number of fused-ring (bicyclic) bond motifs is 1. The molecule has 3 rings (SSSR count). The largest absolute Gasteiger partial charge is 0.303 e. The highest BCUT2D eigenvalue weighted by molar-refractivity contribution is 6.01. The van der Waals surface area contributed by atoms with Gasteiger partial charge >= 0.3 is 0 Å². The van der Waals surface area contributed by atoms with Gasteiger partial charge < -0.3 is 5.32 Å². The molecule has 0 bridgehead atoms. The van der Waals surface area contributed by atoms with Gasteiger partial charge in [0.15, 0.2) is 5.78 Å². The lowest BCUT2D eigenvalue weighted by Crippen LogP contribution is -2.35. The third kappa shape index (κ3) is 2.12. The quantitative estimate of drug-likeness (QED) is 0.852. The second-order valence-corrected chi connectivity index (χ2v) is 4.80. The minimum atomic E-state index is -0.820. The van der Waals surface area contributed by atoms with Crippen LogP contribution in [0.5, 0.6) is 0 Å². The monoisotopic (exact) mass is 273 g/mol. The molecule has 0 aromatic heterocycles. The van der Waals surface area contributed by atoms with Gasteiger partial charge in [-0.05, 0) is 29.7 Å². The highest BCUT2D eigenvalue weighted by atomic mass is 19.1. The van der Waals surface area contributed by atoms with Crippen molar-refractivity contribution >= 4 is 5.78 Å². The molecule has 1 aliphatic rings. The van der Waals surface area contributed by atoms with Crippen LogP contribution in [0.15, 0.2) is 42.5 Å². The number of benzene rings is 2. The zero-order valence-electron chi connectivity index (χ0n) is 10.7. The molecule has 0 fully saturated rings. The van der Waals surface area contributed by atoms with Crippen molar-refractivity contribution in [2.45, 2.75) is 12.5 Å². The van der Waals surface area contributed by atoms with Crippen LogP contribution in [-0.2, 0) is 6.42 Å². The number of nitrogens with one attached hydrogen (secondary N) is 1. The number of Topliss-reactive ketones (excluding diaryl/α,β-unsaturated/α-hetero) is 1. The predicted octanol–water partition coefficient (Wildman–Crippen LogP) is 3.03. The molecule has 0 radical (unpaired) electrons. The lowest BCUT2D eigenvalue weighted by molar-refractivity contribution is 0.0931. The predicted molar refractivity (Wildman–Crippen MR) is 71.6 cm³/mol. The average Bonchev–Trinajstić information content (AvgIpc) is 2.46. The zero-order valence-corrected chi connectivity index (χ0v) is 10.7. The molecule has 1 N–H and O–H groups in total. The molecule has 0 saturated heterocycles. The summed E-state index contributed by atoms with van der Waals surface area (Å²) in [5, 5.41) is 3.05. The average molecular weight is 273 g/mol. The third-order valence-electron chi connectivity index (χ3n) is 3.58. The summed E-state index contributed by atoms with van der Waals surface area (Å²) in [4.78, 5) is 12.5. The molecule has 20 heavy (non-hydrogen) atoms. The topological polar surface area (TPSA) is 29.1 Å². The highest BCUT2D eigenvalue weighted by Crippen LogP contribution is 2.27. The summed E-state index contributed by atoms with van der Waals surface area (Å²) in [6.45, 7) is 0.615. The first-order chi connectivity index (χ1) is 9.68. The van der Waals surface area contributed by atoms with Gasteiger partial charge in [0.2, 0.25) is 0 Å². The van der Waals surface area contributed by atoms with E-state index in [-0.39, 0.29) is 0 Å². The number of ketones is 1. The first-order valence-corrected chi connectivity index (χ1v) is 6.48. The van der Waals surface area contributed by atoms with Gasteiger partial charge in [-0.2, -0.15) is 0 Å². The molecule has 0 saturated carbocycles. The lowest BCUT2D eigenvalue weighted by atomic mass is 9.89. The Balaban J connectivity index is 2.05. The van der Waals surface area contributed by atoms with E-state index in [1.54, 1.807) is 0 Å². The minimum absolute atomic E-state index is 0.471. The molecule has 1 atom stereocenters. The number of carbonyl (C=O) groups is 1. The molecular formula is C16H13F2NO. The van der Waals surface area contributed by atoms with E-state index in [0.29, 0.717) is 6.54 Å². The van der Waals surface area contributed by atoms with E-state index in [9.17, 15) is 13.6 Å².